The van der Waals surface area contributed by atoms with Crippen LogP contribution in [0.3, 0.4) is 0 Å². The van der Waals surface area contributed by atoms with E-state index in [9.17, 15) is 0 Å². The molecule has 3 heteroatoms. The van der Waals surface area contributed by atoms with Crippen molar-refractivity contribution in [2.24, 2.45) is 11.7 Å². The lowest BCUT2D eigenvalue weighted by Gasteiger charge is -2.37. The van der Waals surface area contributed by atoms with E-state index in [2.05, 4.69) is 29.2 Å². The average Bonchev–Trinajstić information content (AvgIpc) is 2.93. The lowest BCUT2D eigenvalue weighted by Crippen LogP contribution is -2.40. The van der Waals surface area contributed by atoms with Crippen LogP contribution in [0.2, 0.25) is 0 Å². The molecule has 0 amide bonds. The average molecular weight is 288 g/mol. The van der Waals surface area contributed by atoms with Crippen molar-refractivity contribution in [1.29, 1.82) is 0 Å². The fourth-order valence-corrected chi connectivity index (χ4v) is 4.35. The summed E-state index contributed by atoms with van der Waals surface area (Å²) in [5, 5.41) is 0. The van der Waals surface area contributed by atoms with Crippen LogP contribution in [0.1, 0.15) is 49.3 Å². The summed E-state index contributed by atoms with van der Waals surface area (Å²) < 4.78 is 5.26. The number of nitrogens with two attached hydrogens (primary N) is 1. The van der Waals surface area contributed by atoms with Gasteiger partial charge in [-0.2, -0.15) is 0 Å². The Hall–Kier alpha value is -0.900. The zero-order valence-corrected chi connectivity index (χ0v) is 13.1. The van der Waals surface area contributed by atoms with E-state index in [0.717, 1.165) is 12.0 Å². The van der Waals surface area contributed by atoms with Crippen LogP contribution >= 0.6 is 0 Å². The number of benzene rings is 1. The number of hydrogen-bond acceptors (Lipinski definition) is 3. The zero-order valence-electron chi connectivity index (χ0n) is 13.1. The first-order valence-electron chi connectivity index (χ1n) is 8.37. The van der Waals surface area contributed by atoms with E-state index in [1.165, 1.54) is 49.8 Å². The maximum atomic E-state index is 6.16. The molecule has 3 rings (SSSR count). The van der Waals surface area contributed by atoms with Gasteiger partial charge in [-0.3, -0.25) is 4.90 Å². The summed E-state index contributed by atoms with van der Waals surface area (Å²) in [6, 6.07) is 9.91. The summed E-state index contributed by atoms with van der Waals surface area (Å²) in [5.41, 5.74) is 8.76. The predicted molar refractivity (Wildman–Crippen MR) is 86.0 cm³/mol. The van der Waals surface area contributed by atoms with E-state index in [4.69, 9.17) is 10.5 Å². The van der Waals surface area contributed by atoms with E-state index in [0.29, 0.717) is 19.2 Å². The monoisotopic (exact) mass is 288 g/mol. The number of rotatable bonds is 5. The second kappa shape index (κ2) is 6.91. The molecule has 0 radical (unpaired) electrons. The van der Waals surface area contributed by atoms with Gasteiger partial charge in [-0.15, -0.1) is 0 Å². The van der Waals surface area contributed by atoms with Crippen molar-refractivity contribution < 1.29 is 4.74 Å². The Bertz CT molecular complexity index is 462. The summed E-state index contributed by atoms with van der Waals surface area (Å²) in [7, 11) is 1.75. The van der Waals surface area contributed by atoms with Gasteiger partial charge in [-0.25, -0.2) is 0 Å². The quantitative estimate of drug-likeness (QED) is 0.905. The van der Waals surface area contributed by atoms with E-state index in [1.54, 1.807) is 7.11 Å². The van der Waals surface area contributed by atoms with Gasteiger partial charge >= 0.3 is 0 Å². The molecule has 2 fully saturated rings. The Balaban J connectivity index is 1.79. The lowest BCUT2D eigenvalue weighted by atomic mass is 9.84. The van der Waals surface area contributed by atoms with Crippen LogP contribution in [-0.4, -0.2) is 31.1 Å². The van der Waals surface area contributed by atoms with E-state index >= 15 is 0 Å². The summed E-state index contributed by atoms with van der Waals surface area (Å²) in [6.45, 7) is 2.60. The Morgan fingerprint density at radius 1 is 1.29 bits per heavy atom. The molecule has 0 bridgehead atoms. The van der Waals surface area contributed by atoms with Crippen molar-refractivity contribution in [3.05, 3.63) is 35.4 Å². The van der Waals surface area contributed by atoms with Gasteiger partial charge in [-0.05, 0) is 42.9 Å². The molecule has 0 spiro atoms. The topological polar surface area (TPSA) is 38.5 Å². The highest BCUT2D eigenvalue weighted by Gasteiger charge is 2.38. The van der Waals surface area contributed by atoms with Gasteiger partial charge in [0.05, 0.1) is 6.61 Å². The minimum Gasteiger partial charge on any atom is -0.380 e. The molecule has 2 aliphatic rings. The highest BCUT2D eigenvalue weighted by atomic mass is 16.5. The van der Waals surface area contributed by atoms with Crippen molar-refractivity contribution in [2.75, 3.05) is 20.2 Å². The second-order valence-electron chi connectivity index (χ2n) is 6.57. The molecule has 1 saturated carbocycles. The van der Waals surface area contributed by atoms with Crippen LogP contribution in [0.15, 0.2) is 24.3 Å². The summed E-state index contributed by atoms with van der Waals surface area (Å²) in [5.74, 6) is 0.912. The number of fused-ring (bicyclic) bond motifs is 1. The van der Waals surface area contributed by atoms with Gasteiger partial charge < -0.3 is 10.5 Å². The van der Waals surface area contributed by atoms with Crippen molar-refractivity contribution in [2.45, 2.75) is 50.8 Å². The molecular weight excluding hydrogens is 260 g/mol. The SMILES string of the molecule is COCc1cccc(C(CN)N2CCC3CCCCC32)c1. The van der Waals surface area contributed by atoms with Gasteiger partial charge in [0.25, 0.3) is 0 Å². The minimum absolute atomic E-state index is 0.370. The molecule has 21 heavy (non-hydrogen) atoms. The molecule has 3 nitrogen and oxygen atoms in total. The van der Waals surface area contributed by atoms with Crippen molar-refractivity contribution in [3.8, 4) is 0 Å². The third kappa shape index (κ3) is 3.15. The normalized spacial score (nSPS) is 27.5. The first kappa shape index (κ1) is 15.0. The largest absolute Gasteiger partial charge is 0.380 e. The third-order valence-corrected chi connectivity index (χ3v) is 5.32. The molecule has 3 atom stereocenters. The minimum atomic E-state index is 0.370. The summed E-state index contributed by atoms with van der Waals surface area (Å²) >= 11 is 0. The molecule has 1 aromatic rings. The molecule has 116 valence electrons. The zero-order chi connectivity index (χ0) is 14.7. The van der Waals surface area contributed by atoms with Gasteiger partial charge in [0.2, 0.25) is 0 Å². The maximum absolute atomic E-state index is 6.16. The smallest absolute Gasteiger partial charge is 0.0713 e. The van der Waals surface area contributed by atoms with Crippen molar-refractivity contribution >= 4 is 0 Å². The molecular formula is C18H28N2O. The fraction of sp³-hybridized carbons (Fsp3) is 0.667. The maximum Gasteiger partial charge on any atom is 0.0713 e. The van der Waals surface area contributed by atoms with Gasteiger partial charge in [0.15, 0.2) is 0 Å². The Morgan fingerprint density at radius 2 is 2.14 bits per heavy atom. The van der Waals surface area contributed by atoms with Crippen molar-refractivity contribution in [3.63, 3.8) is 0 Å². The Kier molecular flexibility index (Phi) is 4.94. The van der Waals surface area contributed by atoms with Crippen LogP contribution in [0.5, 0.6) is 0 Å². The molecule has 0 aromatic heterocycles. The molecule has 1 saturated heterocycles. The van der Waals surface area contributed by atoms with E-state index in [-0.39, 0.29) is 0 Å². The van der Waals surface area contributed by atoms with E-state index < -0.39 is 0 Å². The number of ether oxygens (including phenoxy) is 1. The predicted octanol–water partition coefficient (Wildman–Crippen LogP) is 3.10. The Morgan fingerprint density at radius 3 is 2.95 bits per heavy atom. The van der Waals surface area contributed by atoms with Gasteiger partial charge in [0.1, 0.15) is 0 Å². The van der Waals surface area contributed by atoms with Crippen LogP contribution in [0, 0.1) is 5.92 Å². The standard InChI is InChI=1S/C18H28N2O/c1-21-13-14-5-4-7-16(11-14)18(12-19)20-10-9-15-6-2-3-8-17(15)20/h4-5,7,11,15,17-18H,2-3,6,8-10,12-13,19H2,1H3. The van der Waals surface area contributed by atoms with Crippen molar-refractivity contribution in [1.82, 2.24) is 4.90 Å². The molecule has 3 unspecified atom stereocenters. The molecule has 1 aliphatic carbocycles. The third-order valence-electron chi connectivity index (χ3n) is 5.32. The molecule has 1 aliphatic heterocycles. The molecule has 1 heterocycles. The highest BCUT2D eigenvalue weighted by molar-refractivity contribution is 5.26. The first-order valence-corrected chi connectivity index (χ1v) is 8.37. The number of hydrogen-bond donors (Lipinski definition) is 1. The van der Waals surface area contributed by atoms with E-state index in [1.807, 2.05) is 0 Å². The number of nitrogens with zero attached hydrogens (tertiary/aromatic N) is 1. The van der Waals surface area contributed by atoms with Gasteiger partial charge in [-0.1, -0.05) is 37.1 Å². The number of likely N-dealkylation sites (tertiary alicyclic amines) is 1. The van der Waals surface area contributed by atoms with Gasteiger partial charge in [0, 0.05) is 25.7 Å². The fourth-order valence-electron chi connectivity index (χ4n) is 4.35. The second-order valence-corrected chi connectivity index (χ2v) is 6.57. The van der Waals surface area contributed by atoms with Crippen LogP contribution in [0.25, 0.3) is 0 Å². The summed E-state index contributed by atoms with van der Waals surface area (Å²) in [4.78, 5) is 2.69. The highest BCUT2D eigenvalue weighted by Crippen LogP contribution is 2.40. The van der Waals surface area contributed by atoms with Crippen LogP contribution < -0.4 is 5.73 Å². The molecule has 2 N–H and O–H groups in total. The van der Waals surface area contributed by atoms with Crippen LogP contribution in [0.4, 0.5) is 0 Å². The number of methoxy groups -OCH3 is 1. The first-order chi connectivity index (χ1) is 10.3. The molecule has 1 aromatic carbocycles. The Labute approximate surface area is 128 Å². The summed E-state index contributed by atoms with van der Waals surface area (Å²) in [6.07, 6.45) is 6.95. The van der Waals surface area contributed by atoms with Crippen LogP contribution in [-0.2, 0) is 11.3 Å². The lowest BCUT2D eigenvalue weighted by molar-refractivity contribution is 0.135.